The lowest BCUT2D eigenvalue weighted by Gasteiger charge is -2.02. The van der Waals surface area contributed by atoms with Crippen molar-refractivity contribution < 1.29 is 31.0 Å². The fourth-order valence-electron chi connectivity index (χ4n) is 0.104. The van der Waals surface area contributed by atoms with Crippen LogP contribution < -0.4 is 0 Å². The number of rotatable bonds is 2. The number of hydrogen-bond donors (Lipinski definition) is 1. The summed E-state index contributed by atoms with van der Waals surface area (Å²) >= 11 is 0. The van der Waals surface area contributed by atoms with E-state index in [0.717, 1.165) is 0 Å². The van der Waals surface area contributed by atoms with Gasteiger partial charge in [-0.15, -0.1) is 0 Å². The molecule has 0 amide bonds. The van der Waals surface area contributed by atoms with Gasteiger partial charge in [-0.2, -0.15) is 17.2 Å². The monoisotopic (exact) mass is 252 g/mol. The van der Waals surface area contributed by atoms with E-state index in [-0.39, 0.29) is 8.80 Å². The summed E-state index contributed by atoms with van der Waals surface area (Å²) in [5.41, 5.74) is 0. The third kappa shape index (κ3) is 5.97. The summed E-state index contributed by atoms with van der Waals surface area (Å²) in [5, 5.41) is 2.07. The van der Waals surface area contributed by atoms with Gasteiger partial charge in [0.1, 0.15) is 0 Å². The lowest BCUT2D eigenvalue weighted by Crippen LogP contribution is -2.34. The molecule has 0 spiro atoms. The van der Waals surface area contributed by atoms with Gasteiger partial charge in [-0.3, -0.25) is 0 Å². The van der Waals surface area contributed by atoms with Gasteiger partial charge >= 0.3 is 21.4 Å². The quantitative estimate of drug-likeness (QED) is 0.589. The van der Waals surface area contributed by atoms with Crippen molar-refractivity contribution in [1.82, 2.24) is 0 Å². The van der Waals surface area contributed by atoms with Crippen LogP contribution in [0.15, 0.2) is 0 Å². The highest BCUT2D eigenvalue weighted by Gasteiger charge is 2.54. The molecule has 9 heteroatoms. The van der Waals surface area contributed by atoms with E-state index in [4.69, 9.17) is 5.11 Å². The molecule has 0 saturated carbocycles. The molecule has 0 bridgehead atoms. The second-order valence-electron chi connectivity index (χ2n) is 2.99. The van der Waals surface area contributed by atoms with Gasteiger partial charge in [0.15, 0.2) is 0 Å². The van der Waals surface area contributed by atoms with Gasteiger partial charge in [-0.25, -0.2) is 4.79 Å². The third-order valence-electron chi connectivity index (χ3n) is 0.555. The Morgan fingerprint density at radius 2 is 1.50 bits per heavy atom. The van der Waals surface area contributed by atoms with E-state index in [2.05, 4.69) is 19.6 Å². The van der Waals surface area contributed by atoms with Crippen molar-refractivity contribution in [1.29, 1.82) is 0 Å². The van der Waals surface area contributed by atoms with Crippen LogP contribution >= 0.6 is 0 Å². The number of carbonyl (C=O) groups is 1. The normalized spacial score (nSPS) is 11.9. The molecule has 0 radical (unpaired) electrons. The maximum absolute atomic E-state index is 11.5. The maximum atomic E-state index is 11.5. The highest BCUT2D eigenvalue weighted by molar-refractivity contribution is 7.88. The minimum atomic E-state index is -6.33. The van der Waals surface area contributed by atoms with Gasteiger partial charge in [0.05, 0.1) is 0 Å². The molecule has 1 N–H and O–H groups in total. The summed E-state index contributed by atoms with van der Waals surface area (Å²) in [7, 11) is -6.47. The summed E-state index contributed by atoms with van der Waals surface area (Å²) in [6.07, 6.45) is 0. The molecule has 0 rings (SSSR count). The Balaban J connectivity index is 0. The van der Waals surface area contributed by atoms with Gasteiger partial charge in [0.2, 0.25) is 0 Å². The fourth-order valence-corrected chi connectivity index (χ4v) is 0.313. The predicted octanol–water partition coefficient (Wildman–Crippen LogP) is 1.07. The second-order valence-corrected chi connectivity index (χ2v) is 7.84. The van der Waals surface area contributed by atoms with Crippen LogP contribution in [0.1, 0.15) is 0 Å². The Hall–Kier alpha value is -0.573. The van der Waals surface area contributed by atoms with E-state index in [1.807, 2.05) is 0 Å². The summed E-state index contributed by atoms with van der Waals surface area (Å²) in [6, 6.07) is 0. The van der Waals surface area contributed by atoms with Crippen molar-refractivity contribution >= 4 is 25.0 Å². The molecule has 0 aliphatic rings. The molecule has 0 aromatic rings. The van der Waals surface area contributed by atoms with Crippen molar-refractivity contribution in [2.45, 2.75) is 24.9 Å². The van der Waals surface area contributed by atoms with Crippen LogP contribution in [0, 0.1) is 0 Å². The van der Waals surface area contributed by atoms with Crippen LogP contribution in [-0.4, -0.2) is 33.5 Å². The minimum absolute atomic E-state index is 0.139. The van der Waals surface area contributed by atoms with Crippen molar-refractivity contribution in [3.8, 4) is 0 Å². The molecule has 4 nitrogen and oxygen atoms in total. The fraction of sp³-hybridized carbons (Fsp3) is 0.800. The SMILES string of the molecule is C[SiH](C)C.O=C(O)C(F)(F)S(=O)(=O)F. The minimum Gasteiger partial charge on any atom is -0.476 e. The van der Waals surface area contributed by atoms with Gasteiger partial charge in [0.25, 0.3) is 0 Å². The first kappa shape index (κ1) is 15.9. The van der Waals surface area contributed by atoms with E-state index in [1.54, 1.807) is 0 Å². The van der Waals surface area contributed by atoms with Gasteiger partial charge in [-0.05, 0) is 0 Å². The average Bonchev–Trinajstić information content (AvgIpc) is 1.82. The molecule has 0 aliphatic heterocycles. The van der Waals surface area contributed by atoms with Crippen LogP contribution in [-0.2, 0) is 15.0 Å². The van der Waals surface area contributed by atoms with Crippen LogP contribution in [0.3, 0.4) is 0 Å². The van der Waals surface area contributed by atoms with Gasteiger partial charge in [0, 0.05) is 8.80 Å². The summed E-state index contributed by atoms with van der Waals surface area (Å²) < 4.78 is 52.8. The molecule has 0 aromatic carbocycles. The number of alkyl halides is 2. The lowest BCUT2D eigenvalue weighted by atomic mass is 10.7. The number of halogens is 3. The zero-order valence-electron chi connectivity index (χ0n) is 7.79. The molecule has 0 aromatic heterocycles. The van der Waals surface area contributed by atoms with E-state index < -0.39 is 21.4 Å². The molecule has 0 atom stereocenters. The molecule has 0 unspecified atom stereocenters. The van der Waals surface area contributed by atoms with Crippen LogP contribution in [0.2, 0.25) is 19.6 Å². The summed E-state index contributed by atoms with van der Waals surface area (Å²) in [4.78, 5) is 9.30. The van der Waals surface area contributed by atoms with Crippen molar-refractivity contribution in [2.75, 3.05) is 0 Å². The van der Waals surface area contributed by atoms with E-state index in [0.29, 0.717) is 0 Å². The number of hydrogen-bond acceptors (Lipinski definition) is 3. The van der Waals surface area contributed by atoms with Crippen LogP contribution in [0.5, 0.6) is 0 Å². The summed E-state index contributed by atoms with van der Waals surface area (Å²) in [5.74, 6) is -3.03. The number of carboxylic acids is 1. The molecule has 86 valence electrons. The first-order valence-corrected chi connectivity index (χ1v) is 8.33. The molecular weight excluding hydrogens is 241 g/mol. The van der Waals surface area contributed by atoms with Gasteiger partial charge in [-0.1, -0.05) is 23.5 Å². The van der Waals surface area contributed by atoms with Crippen molar-refractivity contribution in [3.63, 3.8) is 0 Å². The predicted molar refractivity (Wildman–Crippen MR) is 47.4 cm³/mol. The molecule has 14 heavy (non-hydrogen) atoms. The Morgan fingerprint density at radius 3 is 1.50 bits per heavy atom. The molecule has 0 fully saturated rings. The first-order valence-electron chi connectivity index (χ1n) is 3.48. The smallest absolute Gasteiger partial charge is 0.470 e. The topological polar surface area (TPSA) is 71.4 Å². The van der Waals surface area contributed by atoms with E-state index >= 15 is 0 Å². The molecule has 0 heterocycles. The Kier molecular flexibility index (Phi) is 6.06. The molecular formula is C5H11F3O4SSi. The highest BCUT2D eigenvalue weighted by Crippen LogP contribution is 2.22. The average molecular weight is 252 g/mol. The Bertz CT molecular complexity index is 285. The van der Waals surface area contributed by atoms with E-state index in [1.165, 1.54) is 0 Å². The maximum Gasteiger partial charge on any atom is 0.470 e. The second kappa shape index (κ2) is 5.34. The van der Waals surface area contributed by atoms with Gasteiger partial charge < -0.3 is 5.11 Å². The zero-order valence-corrected chi connectivity index (χ0v) is 9.76. The molecule has 0 saturated heterocycles. The molecule has 0 aliphatic carbocycles. The first-order chi connectivity index (χ1) is 5.93. The highest BCUT2D eigenvalue weighted by atomic mass is 32.3. The van der Waals surface area contributed by atoms with Crippen LogP contribution in [0.4, 0.5) is 12.7 Å². The van der Waals surface area contributed by atoms with Crippen molar-refractivity contribution in [2.24, 2.45) is 0 Å². The largest absolute Gasteiger partial charge is 0.476 e. The van der Waals surface area contributed by atoms with Crippen LogP contribution in [0.25, 0.3) is 0 Å². The standard InChI is InChI=1S/C3H10Si.C2HF3O4S/c1-4(2)3;3-2(4,1(6)7)10(5,8)9/h4H,1-3H3;(H,6,7). The van der Waals surface area contributed by atoms with E-state index in [9.17, 15) is 25.9 Å². The zero-order chi connectivity index (χ0) is 12.2. The Morgan fingerprint density at radius 1 is 1.29 bits per heavy atom. The number of aliphatic carboxylic acids is 1. The Labute approximate surface area is 81.6 Å². The summed E-state index contributed by atoms with van der Waals surface area (Å²) in [6.45, 7) is 6.92. The lowest BCUT2D eigenvalue weighted by molar-refractivity contribution is -0.154. The third-order valence-corrected chi connectivity index (χ3v) is 1.34. The van der Waals surface area contributed by atoms with Crippen molar-refractivity contribution in [3.05, 3.63) is 0 Å². The number of carboxylic acid groups (broad SMARTS) is 1.